The van der Waals surface area contributed by atoms with Crippen molar-refractivity contribution in [1.29, 1.82) is 0 Å². The third-order valence-corrected chi connectivity index (χ3v) is 3.51. The summed E-state index contributed by atoms with van der Waals surface area (Å²) in [4.78, 5) is 23.1. The maximum Gasteiger partial charge on any atom is 0.309 e. The summed E-state index contributed by atoms with van der Waals surface area (Å²) in [5.74, 6) is -0.183. The first kappa shape index (κ1) is 14.7. The van der Waals surface area contributed by atoms with E-state index >= 15 is 0 Å². The van der Waals surface area contributed by atoms with E-state index in [1.54, 1.807) is 18.2 Å². The quantitative estimate of drug-likeness (QED) is 0.849. The van der Waals surface area contributed by atoms with Gasteiger partial charge in [0, 0.05) is 5.69 Å². The van der Waals surface area contributed by atoms with Crippen LogP contribution in [-0.4, -0.2) is 25.6 Å². The molecular weight excluding hydrogens is 282 g/mol. The van der Waals surface area contributed by atoms with Crippen LogP contribution < -0.4 is 10.1 Å². The fourth-order valence-corrected chi connectivity index (χ4v) is 2.10. The van der Waals surface area contributed by atoms with Crippen molar-refractivity contribution >= 4 is 29.2 Å². The van der Waals surface area contributed by atoms with Gasteiger partial charge in [-0.25, -0.2) is 0 Å². The van der Waals surface area contributed by atoms with Crippen LogP contribution in [0.5, 0.6) is 5.75 Å². The SMILES string of the molecule is COc1ccc(NC(=O)COC(=O)C2CCC2)cc1Cl. The van der Waals surface area contributed by atoms with Gasteiger partial charge in [0.2, 0.25) is 0 Å². The van der Waals surface area contributed by atoms with Crippen molar-refractivity contribution in [1.82, 2.24) is 0 Å². The Morgan fingerprint density at radius 2 is 2.15 bits per heavy atom. The molecule has 1 amide bonds. The number of esters is 1. The van der Waals surface area contributed by atoms with E-state index in [-0.39, 0.29) is 24.4 Å². The summed E-state index contributed by atoms with van der Waals surface area (Å²) in [6, 6.07) is 4.89. The lowest BCUT2D eigenvalue weighted by atomic mass is 9.86. The highest BCUT2D eigenvalue weighted by molar-refractivity contribution is 6.32. The molecule has 1 aromatic rings. The molecule has 1 fully saturated rings. The van der Waals surface area contributed by atoms with Gasteiger partial charge in [-0.2, -0.15) is 0 Å². The van der Waals surface area contributed by atoms with Crippen LogP contribution in [0.1, 0.15) is 19.3 Å². The maximum atomic E-state index is 11.6. The Bertz CT molecular complexity index is 514. The normalized spacial score (nSPS) is 14.3. The average Bonchev–Trinajstić information content (AvgIpc) is 2.34. The fraction of sp³-hybridized carbons (Fsp3) is 0.429. The Labute approximate surface area is 122 Å². The Kier molecular flexibility index (Phi) is 4.84. The highest BCUT2D eigenvalue weighted by Crippen LogP contribution is 2.28. The number of methoxy groups -OCH3 is 1. The number of amides is 1. The Hall–Kier alpha value is -1.75. The summed E-state index contributed by atoms with van der Waals surface area (Å²) in [6.45, 7) is -0.279. The first-order valence-corrected chi connectivity index (χ1v) is 6.78. The zero-order valence-electron chi connectivity index (χ0n) is 11.1. The van der Waals surface area contributed by atoms with Crippen molar-refractivity contribution < 1.29 is 19.1 Å². The molecule has 6 heteroatoms. The highest BCUT2D eigenvalue weighted by atomic mass is 35.5. The predicted molar refractivity (Wildman–Crippen MR) is 74.9 cm³/mol. The minimum atomic E-state index is -0.390. The molecule has 1 aromatic carbocycles. The number of ether oxygens (including phenoxy) is 2. The number of nitrogens with one attached hydrogen (secondary N) is 1. The van der Waals surface area contributed by atoms with Crippen molar-refractivity contribution in [2.45, 2.75) is 19.3 Å². The van der Waals surface area contributed by atoms with Crippen molar-refractivity contribution in [3.05, 3.63) is 23.2 Å². The van der Waals surface area contributed by atoms with E-state index in [0.717, 1.165) is 19.3 Å². The molecular formula is C14H16ClNO4. The summed E-state index contributed by atoms with van der Waals surface area (Å²) < 4.78 is 9.96. The van der Waals surface area contributed by atoms with Crippen molar-refractivity contribution in [2.75, 3.05) is 19.0 Å². The molecule has 0 spiro atoms. The van der Waals surface area contributed by atoms with Gasteiger partial charge in [-0.15, -0.1) is 0 Å². The second-order valence-electron chi connectivity index (χ2n) is 4.63. The number of carbonyl (C=O) groups is 2. The number of rotatable bonds is 5. The van der Waals surface area contributed by atoms with E-state index in [1.807, 2.05) is 0 Å². The lowest BCUT2D eigenvalue weighted by Crippen LogP contribution is -2.28. The van der Waals surface area contributed by atoms with E-state index < -0.39 is 0 Å². The summed E-state index contributed by atoms with van der Waals surface area (Å²) in [6.07, 6.45) is 2.76. The fourth-order valence-electron chi connectivity index (χ4n) is 1.84. The Balaban J connectivity index is 1.81. The first-order chi connectivity index (χ1) is 9.60. The van der Waals surface area contributed by atoms with Crippen LogP contribution in [0.3, 0.4) is 0 Å². The van der Waals surface area contributed by atoms with Crippen molar-refractivity contribution in [3.8, 4) is 5.75 Å². The molecule has 1 saturated carbocycles. The van der Waals surface area contributed by atoms with E-state index in [9.17, 15) is 9.59 Å². The number of hydrogen-bond acceptors (Lipinski definition) is 4. The van der Waals surface area contributed by atoms with Gasteiger partial charge >= 0.3 is 5.97 Å². The van der Waals surface area contributed by atoms with Crippen LogP contribution >= 0.6 is 11.6 Å². The van der Waals surface area contributed by atoms with Crippen molar-refractivity contribution in [3.63, 3.8) is 0 Å². The van der Waals surface area contributed by atoms with Gasteiger partial charge in [0.15, 0.2) is 6.61 Å². The first-order valence-electron chi connectivity index (χ1n) is 6.40. The Morgan fingerprint density at radius 1 is 1.40 bits per heavy atom. The molecule has 1 N–H and O–H groups in total. The number of carbonyl (C=O) groups excluding carboxylic acids is 2. The zero-order valence-corrected chi connectivity index (χ0v) is 11.9. The van der Waals surface area contributed by atoms with Crippen LogP contribution in [0.15, 0.2) is 18.2 Å². The van der Waals surface area contributed by atoms with E-state index in [0.29, 0.717) is 16.5 Å². The molecule has 0 radical (unpaired) electrons. The van der Waals surface area contributed by atoms with Gasteiger partial charge in [0.1, 0.15) is 5.75 Å². The van der Waals surface area contributed by atoms with Crippen LogP contribution in [-0.2, 0) is 14.3 Å². The van der Waals surface area contributed by atoms with Crippen LogP contribution in [0.4, 0.5) is 5.69 Å². The molecule has 0 unspecified atom stereocenters. The average molecular weight is 298 g/mol. The standard InChI is InChI=1S/C14H16ClNO4/c1-19-12-6-5-10(7-11(12)15)16-13(17)8-20-14(18)9-3-2-4-9/h5-7,9H,2-4,8H2,1H3,(H,16,17). The lowest BCUT2D eigenvalue weighted by molar-refractivity contribution is -0.154. The molecule has 2 rings (SSSR count). The number of benzene rings is 1. The molecule has 0 saturated heterocycles. The smallest absolute Gasteiger partial charge is 0.309 e. The van der Waals surface area contributed by atoms with Crippen LogP contribution in [0.25, 0.3) is 0 Å². The molecule has 5 nitrogen and oxygen atoms in total. The molecule has 0 atom stereocenters. The second kappa shape index (κ2) is 6.61. The largest absolute Gasteiger partial charge is 0.495 e. The minimum absolute atomic E-state index is 0.0294. The van der Waals surface area contributed by atoms with Gasteiger partial charge in [-0.1, -0.05) is 18.0 Å². The van der Waals surface area contributed by atoms with E-state index in [4.69, 9.17) is 21.1 Å². The monoisotopic (exact) mass is 297 g/mol. The summed E-state index contributed by atoms with van der Waals surface area (Å²) in [5, 5.41) is 3.01. The third kappa shape index (κ3) is 3.63. The molecule has 0 bridgehead atoms. The highest BCUT2D eigenvalue weighted by Gasteiger charge is 2.27. The zero-order chi connectivity index (χ0) is 14.5. The summed E-state index contributed by atoms with van der Waals surface area (Å²) in [7, 11) is 1.51. The molecule has 108 valence electrons. The number of halogens is 1. The molecule has 0 aromatic heterocycles. The van der Waals surface area contributed by atoms with Crippen molar-refractivity contribution in [2.24, 2.45) is 5.92 Å². The topological polar surface area (TPSA) is 64.6 Å². The van der Waals surface area contributed by atoms with Gasteiger partial charge in [0.25, 0.3) is 5.91 Å². The van der Waals surface area contributed by atoms with Crippen LogP contribution in [0.2, 0.25) is 5.02 Å². The summed E-state index contributed by atoms with van der Waals surface area (Å²) in [5.41, 5.74) is 0.528. The lowest BCUT2D eigenvalue weighted by Gasteiger charge is -2.22. The van der Waals surface area contributed by atoms with E-state index in [2.05, 4.69) is 5.32 Å². The molecule has 0 heterocycles. The summed E-state index contributed by atoms with van der Waals surface area (Å²) >= 11 is 5.95. The van der Waals surface area contributed by atoms with E-state index in [1.165, 1.54) is 7.11 Å². The number of hydrogen-bond donors (Lipinski definition) is 1. The number of anilines is 1. The predicted octanol–water partition coefficient (Wildman–Crippen LogP) is 2.63. The maximum absolute atomic E-state index is 11.6. The Morgan fingerprint density at radius 3 is 2.70 bits per heavy atom. The van der Waals surface area contributed by atoms with Gasteiger partial charge in [-0.3, -0.25) is 9.59 Å². The van der Waals surface area contributed by atoms with Gasteiger partial charge in [-0.05, 0) is 31.0 Å². The molecule has 1 aliphatic carbocycles. The molecule has 0 aliphatic heterocycles. The molecule has 20 heavy (non-hydrogen) atoms. The second-order valence-corrected chi connectivity index (χ2v) is 5.04. The van der Waals surface area contributed by atoms with Crippen LogP contribution in [0, 0.1) is 5.92 Å². The minimum Gasteiger partial charge on any atom is -0.495 e. The molecule has 1 aliphatic rings. The van der Waals surface area contributed by atoms with Gasteiger partial charge < -0.3 is 14.8 Å². The van der Waals surface area contributed by atoms with Gasteiger partial charge in [0.05, 0.1) is 18.1 Å². The third-order valence-electron chi connectivity index (χ3n) is 3.22.